The van der Waals surface area contributed by atoms with E-state index in [0.29, 0.717) is 0 Å². The molecule has 0 radical (unpaired) electrons. The van der Waals surface area contributed by atoms with Crippen LogP contribution in [0, 0.1) is 0 Å². The Morgan fingerprint density at radius 2 is 2.12 bits per heavy atom. The summed E-state index contributed by atoms with van der Waals surface area (Å²) in [5.41, 5.74) is -0.398. The number of pyridine rings is 1. The largest absolute Gasteiger partial charge is 0.477 e. The second-order valence-corrected chi connectivity index (χ2v) is 2.98. The number of aromatic nitrogens is 3. The fourth-order valence-corrected chi connectivity index (χ4v) is 1.16. The molecule has 0 amide bonds. The molecule has 8 heteroatoms. The Hall–Kier alpha value is -2.12. The van der Waals surface area contributed by atoms with E-state index in [2.05, 4.69) is 9.97 Å². The molecule has 0 aliphatic heterocycles. The van der Waals surface area contributed by atoms with E-state index in [4.69, 9.17) is 5.11 Å². The first kappa shape index (κ1) is 10.4. The van der Waals surface area contributed by atoms with Crippen molar-refractivity contribution in [3.05, 3.63) is 23.8 Å². The smallest absolute Gasteiger partial charge is 0.449 e. The van der Waals surface area contributed by atoms with E-state index in [1.165, 1.54) is 0 Å². The molecule has 2 N–H and O–H groups in total. The van der Waals surface area contributed by atoms with Crippen molar-refractivity contribution in [3.8, 4) is 0 Å². The quantitative estimate of drug-likeness (QED) is 0.782. The second kappa shape index (κ2) is 3.19. The molecule has 0 spiro atoms. The van der Waals surface area contributed by atoms with Gasteiger partial charge >= 0.3 is 12.1 Å². The molecule has 0 aliphatic carbocycles. The monoisotopic (exact) mass is 231 g/mol. The number of imidazole rings is 1. The minimum absolute atomic E-state index is 0.0392. The van der Waals surface area contributed by atoms with Gasteiger partial charge in [-0.2, -0.15) is 13.2 Å². The first-order valence-electron chi connectivity index (χ1n) is 4.04. The number of halogens is 3. The summed E-state index contributed by atoms with van der Waals surface area (Å²) in [5.74, 6) is -2.50. The molecule has 16 heavy (non-hydrogen) atoms. The fraction of sp³-hybridized carbons (Fsp3) is 0.125. The van der Waals surface area contributed by atoms with E-state index in [1.807, 2.05) is 4.98 Å². The van der Waals surface area contributed by atoms with Crippen LogP contribution in [0.5, 0.6) is 0 Å². The molecule has 5 nitrogen and oxygen atoms in total. The SMILES string of the molecule is O=C(O)c1cc2nc(C(F)(F)F)[nH]c2cn1. The number of nitrogens with one attached hydrogen (secondary N) is 1. The number of hydrogen-bond donors (Lipinski definition) is 2. The molecule has 0 aromatic carbocycles. The van der Waals surface area contributed by atoms with Gasteiger partial charge in [0, 0.05) is 0 Å². The van der Waals surface area contributed by atoms with Gasteiger partial charge in [0.2, 0.25) is 5.82 Å². The Bertz CT molecular complexity index is 561. The summed E-state index contributed by atoms with van der Waals surface area (Å²) < 4.78 is 36.8. The molecule has 2 aromatic heterocycles. The summed E-state index contributed by atoms with van der Waals surface area (Å²) in [6, 6.07) is 0.976. The van der Waals surface area contributed by atoms with Crippen molar-refractivity contribution in [1.82, 2.24) is 15.0 Å². The van der Waals surface area contributed by atoms with Gasteiger partial charge in [-0.1, -0.05) is 0 Å². The molecule has 2 heterocycles. The lowest BCUT2D eigenvalue weighted by Crippen LogP contribution is -2.06. The molecule has 2 rings (SSSR count). The lowest BCUT2D eigenvalue weighted by atomic mass is 10.3. The number of aromatic carboxylic acids is 1. The van der Waals surface area contributed by atoms with Gasteiger partial charge in [-0.15, -0.1) is 0 Å². The van der Waals surface area contributed by atoms with E-state index in [0.717, 1.165) is 12.3 Å². The lowest BCUT2D eigenvalue weighted by molar-refractivity contribution is -0.144. The van der Waals surface area contributed by atoms with Crippen molar-refractivity contribution >= 4 is 17.0 Å². The highest BCUT2D eigenvalue weighted by Crippen LogP contribution is 2.28. The molecule has 0 fully saturated rings. The molecule has 84 valence electrons. The number of aromatic amines is 1. The number of hydrogen-bond acceptors (Lipinski definition) is 3. The molecular formula is C8H4F3N3O2. The number of rotatable bonds is 1. The average Bonchev–Trinajstić information content (AvgIpc) is 2.58. The minimum atomic E-state index is -4.59. The molecule has 0 aliphatic rings. The van der Waals surface area contributed by atoms with Crippen molar-refractivity contribution in [2.75, 3.05) is 0 Å². The van der Waals surface area contributed by atoms with Gasteiger partial charge in [0.25, 0.3) is 0 Å². The summed E-state index contributed by atoms with van der Waals surface area (Å²) in [6.07, 6.45) is -3.59. The summed E-state index contributed by atoms with van der Waals surface area (Å²) in [5, 5.41) is 8.59. The summed E-state index contributed by atoms with van der Waals surface area (Å²) in [6.45, 7) is 0. The molecule has 0 atom stereocenters. The maximum absolute atomic E-state index is 12.3. The van der Waals surface area contributed by atoms with E-state index in [9.17, 15) is 18.0 Å². The van der Waals surface area contributed by atoms with Crippen molar-refractivity contribution in [1.29, 1.82) is 0 Å². The van der Waals surface area contributed by atoms with E-state index >= 15 is 0 Å². The van der Waals surface area contributed by atoms with Crippen LogP contribution in [-0.2, 0) is 6.18 Å². The Balaban J connectivity index is 2.59. The number of carboxylic acid groups (broad SMARTS) is 1. The van der Waals surface area contributed by atoms with Gasteiger partial charge in [-0.05, 0) is 6.07 Å². The minimum Gasteiger partial charge on any atom is -0.477 e. The molecular weight excluding hydrogens is 227 g/mol. The van der Waals surface area contributed by atoms with E-state index in [-0.39, 0.29) is 16.7 Å². The maximum atomic E-state index is 12.3. The van der Waals surface area contributed by atoms with Gasteiger partial charge < -0.3 is 10.1 Å². The average molecular weight is 231 g/mol. The topological polar surface area (TPSA) is 78.9 Å². The lowest BCUT2D eigenvalue weighted by Gasteiger charge is -1.98. The predicted molar refractivity (Wildman–Crippen MR) is 45.9 cm³/mol. The molecule has 2 aromatic rings. The van der Waals surface area contributed by atoms with Gasteiger partial charge in [-0.25, -0.2) is 14.8 Å². The first-order valence-corrected chi connectivity index (χ1v) is 4.04. The first-order chi connectivity index (χ1) is 7.38. The van der Waals surface area contributed by atoms with Crippen LogP contribution in [0.25, 0.3) is 11.0 Å². The third-order valence-electron chi connectivity index (χ3n) is 1.86. The molecule has 0 saturated carbocycles. The zero-order chi connectivity index (χ0) is 11.9. The maximum Gasteiger partial charge on any atom is 0.449 e. The van der Waals surface area contributed by atoms with Crippen molar-refractivity contribution in [2.24, 2.45) is 0 Å². The number of nitrogens with zero attached hydrogens (tertiary/aromatic N) is 2. The van der Waals surface area contributed by atoms with Crippen LogP contribution in [0.1, 0.15) is 16.3 Å². The highest BCUT2D eigenvalue weighted by molar-refractivity contribution is 5.89. The molecule has 0 saturated heterocycles. The third kappa shape index (κ3) is 1.69. The van der Waals surface area contributed by atoms with Crippen LogP contribution in [0.4, 0.5) is 13.2 Å². The van der Waals surface area contributed by atoms with Gasteiger partial charge in [-0.3, -0.25) is 0 Å². The van der Waals surface area contributed by atoms with E-state index in [1.54, 1.807) is 0 Å². The molecule has 0 bridgehead atoms. The Morgan fingerprint density at radius 3 is 2.69 bits per heavy atom. The van der Waals surface area contributed by atoms with Crippen LogP contribution < -0.4 is 0 Å². The second-order valence-electron chi connectivity index (χ2n) is 2.98. The summed E-state index contributed by atoms with van der Waals surface area (Å²) >= 11 is 0. The van der Waals surface area contributed by atoms with Gasteiger partial charge in [0.05, 0.1) is 17.2 Å². The summed E-state index contributed by atoms with van der Waals surface area (Å²) in [7, 11) is 0. The van der Waals surface area contributed by atoms with Crippen molar-refractivity contribution in [2.45, 2.75) is 6.18 Å². The molecule has 0 unspecified atom stereocenters. The highest BCUT2D eigenvalue weighted by Gasteiger charge is 2.34. The van der Waals surface area contributed by atoms with Crippen LogP contribution >= 0.6 is 0 Å². The Labute approximate surface area is 85.9 Å². The fourth-order valence-electron chi connectivity index (χ4n) is 1.16. The number of H-pyrrole nitrogens is 1. The van der Waals surface area contributed by atoms with Crippen LogP contribution in [-0.4, -0.2) is 26.0 Å². The van der Waals surface area contributed by atoms with E-state index < -0.39 is 18.0 Å². The standard InChI is InChI=1S/C8H4F3N3O2/c9-8(10,11)7-13-3-1-4(6(15)16)12-2-5(3)14-7/h1-2H,(H,13,14)(H,15,16). The van der Waals surface area contributed by atoms with Gasteiger partial charge in [0.15, 0.2) is 0 Å². The number of fused-ring (bicyclic) bond motifs is 1. The van der Waals surface area contributed by atoms with Crippen LogP contribution in [0.2, 0.25) is 0 Å². The van der Waals surface area contributed by atoms with Gasteiger partial charge in [0.1, 0.15) is 5.69 Å². The third-order valence-corrected chi connectivity index (χ3v) is 1.86. The predicted octanol–water partition coefficient (Wildman–Crippen LogP) is 1.67. The number of alkyl halides is 3. The van der Waals surface area contributed by atoms with Crippen molar-refractivity contribution < 1.29 is 23.1 Å². The van der Waals surface area contributed by atoms with Crippen LogP contribution in [0.15, 0.2) is 12.3 Å². The van der Waals surface area contributed by atoms with Crippen LogP contribution in [0.3, 0.4) is 0 Å². The Morgan fingerprint density at radius 1 is 1.44 bits per heavy atom. The number of carbonyl (C=O) groups is 1. The Kier molecular flexibility index (Phi) is 2.07. The normalized spacial score (nSPS) is 11.9. The zero-order valence-corrected chi connectivity index (χ0v) is 7.54. The summed E-state index contributed by atoms with van der Waals surface area (Å²) in [4.78, 5) is 19.2. The zero-order valence-electron chi connectivity index (χ0n) is 7.54. The number of carboxylic acids is 1. The van der Waals surface area contributed by atoms with Crippen molar-refractivity contribution in [3.63, 3.8) is 0 Å². The highest BCUT2D eigenvalue weighted by atomic mass is 19.4.